The SMILES string of the molecule is COC(=O)CC(=O)Nc1ccc(OCc2ccc(F)cc2)cc1. The highest BCUT2D eigenvalue weighted by Gasteiger charge is 2.09. The molecule has 2 rings (SSSR count). The van der Waals surface area contributed by atoms with E-state index in [1.165, 1.54) is 19.2 Å². The molecule has 0 bridgehead atoms. The number of amides is 1. The third kappa shape index (κ3) is 5.43. The van der Waals surface area contributed by atoms with Crippen LogP contribution < -0.4 is 10.1 Å². The number of nitrogens with one attached hydrogen (secondary N) is 1. The van der Waals surface area contributed by atoms with Gasteiger partial charge in [0.05, 0.1) is 7.11 Å². The molecule has 0 aliphatic carbocycles. The first-order valence-electron chi connectivity index (χ1n) is 6.91. The minimum Gasteiger partial charge on any atom is -0.489 e. The van der Waals surface area contributed by atoms with E-state index in [-0.39, 0.29) is 12.2 Å². The van der Waals surface area contributed by atoms with Crippen LogP contribution in [0.4, 0.5) is 10.1 Å². The number of methoxy groups -OCH3 is 1. The molecule has 0 aromatic heterocycles. The Bertz CT molecular complexity index is 668. The summed E-state index contributed by atoms with van der Waals surface area (Å²) in [5.41, 5.74) is 1.40. The first kappa shape index (κ1) is 16.5. The lowest BCUT2D eigenvalue weighted by molar-refractivity contribution is -0.142. The van der Waals surface area contributed by atoms with E-state index in [0.717, 1.165) is 5.56 Å². The zero-order chi connectivity index (χ0) is 16.7. The molecule has 6 heteroatoms. The lowest BCUT2D eigenvalue weighted by Gasteiger charge is -2.08. The van der Waals surface area contributed by atoms with Crippen molar-refractivity contribution in [2.75, 3.05) is 12.4 Å². The number of halogens is 1. The Kier molecular flexibility index (Phi) is 5.68. The summed E-state index contributed by atoms with van der Waals surface area (Å²) in [6.07, 6.45) is -0.334. The number of hydrogen-bond donors (Lipinski definition) is 1. The average molecular weight is 317 g/mol. The topological polar surface area (TPSA) is 64.6 Å². The lowest BCUT2D eigenvalue weighted by atomic mass is 10.2. The molecular weight excluding hydrogens is 301 g/mol. The van der Waals surface area contributed by atoms with Crippen LogP contribution in [0.2, 0.25) is 0 Å². The number of carbonyl (C=O) groups is 2. The largest absolute Gasteiger partial charge is 0.489 e. The maximum atomic E-state index is 12.8. The Morgan fingerprint density at radius 2 is 1.70 bits per heavy atom. The van der Waals surface area contributed by atoms with Gasteiger partial charge in [-0.1, -0.05) is 12.1 Å². The van der Waals surface area contributed by atoms with Crippen molar-refractivity contribution in [1.29, 1.82) is 0 Å². The van der Waals surface area contributed by atoms with Crippen LogP contribution in [0.3, 0.4) is 0 Å². The molecule has 0 saturated heterocycles. The normalized spacial score (nSPS) is 10.0. The third-order valence-corrected chi connectivity index (χ3v) is 2.99. The van der Waals surface area contributed by atoms with E-state index in [2.05, 4.69) is 10.1 Å². The second kappa shape index (κ2) is 7.93. The van der Waals surface area contributed by atoms with Gasteiger partial charge in [0, 0.05) is 5.69 Å². The maximum absolute atomic E-state index is 12.8. The highest BCUT2D eigenvalue weighted by atomic mass is 19.1. The minimum absolute atomic E-state index is 0.291. The summed E-state index contributed by atoms with van der Waals surface area (Å²) in [7, 11) is 1.23. The van der Waals surface area contributed by atoms with E-state index in [1.54, 1.807) is 36.4 Å². The van der Waals surface area contributed by atoms with Gasteiger partial charge in [-0.05, 0) is 42.0 Å². The van der Waals surface area contributed by atoms with Crippen LogP contribution in [-0.4, -0.2) is 19.0 Å². The number of hydrogen-bond acceptors (Lipinski definition) is 4. The first-order chi connectivity index (χ1) is 11.1. The fourth-order valence-corrected chi connectivity index (χ4v) is 1.79. The van der Waals surface area contributed by atoms with Crippen LogP contribution in [0.25, 0.3) is 0 Å². The quantitative estimate of drug-likeness (QED) is 0.657. The maximum Gasteiger partial charge on any atom is 0.315 e. The van der Waals surface area contributed by atoms with Crippen LogP contribution in [0, 0.1) is 5.82 Å². The number of benzene rings is 2. The summed E-state index contributed by atoms with van der Waals surface area (Å²) < 4.78 is 22.8. The molecule has 1 N–H and O–H groups in total. The molecule has 2 aromatic carbocycles. The van der Waals surface area contributed by atoms with E-state index < -0.39 is 11.9 Å². The predicted molar refractivity (Wildman–Crippen MR) is 82.4 cm³/mol. The van der Waals surface area contributed by atoms with Gasteiger partial charge in [0.25, 0.3) is 0 Å². The standard InChI is InChI=1S/C17H16FNO4/c1-22-17(21)10-16(20)19-14-6-8-15(9-7-14)23-11-12-2-4-13(18)5-3-12/h2-9H,10-11H2,1H3,(H,19,20). The van der Waals surface area contributed by atoms with Crippen molar-refractivity contribution < 1.29 is 23.5 Å². The molecule has 5 nitrogen and oxygen atoms in total. The van der Waals surface area contributed by atoms with Crippen molar-refractivity contribution in [2.24, 2.45) is 0 Å². The van der Waals surface area contributed by atoms with Gasteiger partial charge in [0.1, 0.15) is 24.6 Å². The van der Waals surface area contributed by atoms with Gasteiger partial charge >= 0.3 is 5.97 Å². The molecular formula is C17H16FNO4. The molecule has 120 valence electrons. The second-order valence-electron chi connectivity index (χ2n) is 4.74. The Labute approximate surface area is 133 Å². The molecule has 23 heavy (non-hydrogen) atoms. The van der Waals surface area contributed by atoms with Gasteiger partial charge in [0.15, 0.2) is 0 Å². The first-order valence-corrected chi connectivity index (χ1v) is 6.91. The van der Waals surface area contributed by atoms with E-state index in [9.17, 15) is 14.0 Å². The van der Waals surface area contributed by atoms with Crippen LogP contribution in [0.1, 0.15) is 12.0 Å². The smallest absolute Gasteiger partial charge is 0.315 e. The minimum atomic E-state index is -0.596. The van der Waals surface area contributed by atoms with Crippen LogP contribution in [0.15, 0.2) is 48.5 Å². The van der Waals surface area contributed by atoms with E-state index in [1.807, 2.05) is 0 Å². The van der Waals surface area contributed by atoms with Crippen molar-refractivity contribution >= 4 is 17.6 Å². The Hall–Kier alpha value is -2.89. The highest BCUT2D eigenvalue weighted by molar-refractivity contribution is 6.01. The summed E-state index contributed by atoms with van der Waals surface area (Å²) in [4.78, 5) is 22.5. The summed E-state index contributed by atoms with van der Waals surface area (Å²) in [5.74, 6) is -0.723. The molecule has 0 heterocycles. The van der Waals surface area contributed by atoms with Crippen molar-refractivity contribution in [3.05, 3.63) is 59.9 Å². The van der Waals surface area contributed by atoms with Gasteiger partial charge in [-0.25, -0.2) is 4.39 Å². The van der Waals surface area contributed by atoms with Crippen molar-refractivity contribution in [3.63, 3.8) is 0 Å². The Morgan fingerprint density at radius 3 is 2.30 bits per heavy atom. The zero-order valence-electron chi connectivity index (χ0n) is 12.5. The van der Waals surface area contributed by atoms with Crippen molar-refractivity contribution in [3.8, 4) is 5.75 Å². The number of esters is 1. The molecule has 1 amide bonds. The summed E-state index contributed by atoms with van der Waals surface area (Å²) >= 11 is 0. The number of ether oxygens (including phenoxy) is 2. The molecule has 0 fully saturated rings. The van der Waals surface area contributed by atoms with Gasteiger partial charge in [-0.15, -0.1) is 0 Å². The third-order valence-electron chi connectivity index (χ3n) is 2.99. The van der Waals surface area contributed by atoms with Crippen LogP contribution >= 0.6 is 0 Å². The Morgan fingerprint density at radius 1 is 1.04 bits per heavy atom. The van der Waals surface area contributed by atoms with E-state index >= 15 is 0 Å². The molecule has 0 saturated carbocycles. The van der Waals surface area contributed by atoms with Gasteiger partial charge in [0.2, 0.25) is 5.91 Å². The Balaban J connectivity index is 1.85. The average Bonchev–Trinajstić information content (AvgIpc) is 2.55. The predicted octanol–water partition coefficient (Wildman–Crippen LogP) is 2.91. The van der Waals surface area contributed by atoms with Crippen LogP contribution in [-0.2, 0) is 20.9 Å². The fourth-order valence-electron chi connectivity index (χ4n) is 1.79. The number of carbonyl (C=O) groups excluding carboxylic acids is 2. The van der Waals surface area contributed by atoms with Gasteiger partial charge in [-0.2, -0.15) is 0 Å². The van der Waals surface area contributed by atoms with Gasteiger partial charge in [-0.3, -0.25) is 9.59 Å². The number of rotatable bonds is 6. The monoisotopic (exact) mass is 317 g/mol. The zero-order valence-corrected chi connectivity index (χ0v) is 12.5. The molecule has 0 spiro atoms. The summed E-state index contributed by atoms with van der Waals surface area (Å²) in [6, 6.07) is 12.8. The van der Waals surface area contributed by atoms with Crippen molar-refractivity contribution in [2.45, 2.75) is 13.0 Å². The molecule has 0 atom stereocenters. The molecule has 0 aliphatic rings. The van der Waals surface area contributed by atoms with E-state index in [0.29, 0.717) is 18.0 Å². The molecule has 0 unspecified atom stereocenters. The van der Waals surface area contributed by atoms with Crippen molar-refractivity contribution in [1.82, 2.24) is 0 Å². The molecule has 2 aromatic rings. The van der Waals surface area contributed by atoms with E-state index in [4.69, 9.17) is 4.74 Å². The molecule has 0 aliphatic heterocycles. The number of anilines is 1. The molecule has 0 radical (unpaired) electrons. The lowest BCUT2D eigenvalue weighted by Crippen LogP contribution is -2.17. The van der Waals surface area contributed by atoms with Crippen LogP contribution in [0.5, 0.6) is 5.75 Å². The second-order valence-corrected chi connectivity index (χ2v) is 4.74. The highest BCUT2D eigenvalue weighted by Crippen LogP contribution is 2.17. The fraction of sp³-hybridized carbons (Fsp3) is 0.176. The van der Waals surface area contributed by atoms with Gasteiger partial charge < -0.3 is 14.8 Å². The summed E-state index contributed by atoms with van der Waals surface area (Å²) in [6.45, 7) is 0.314. The summed E-state index contributed by atoms with van der Waals surface area (Å²) in [5, 5.41) is 2.58.